The first kappa shape index (κ1) is 15.2. The zero-order chi connectivity index (χ0) is 16.4. The number of fused-ring (bicyclic) bond motifs is 1. The first-order valence-corrected chi connectivity index (χ1v) is 7.53. The lowest BCUT2D eigenvalue weighted by atomic mass is 10.0. The Balaban J connectivity index is 2.15. The number of benzene rings is 2. The van der Waals surface area contributed by atoms with E-state index >= 15 is 0 Å². The van der Waals surface area contributed by atoms with Gasteiger partial charge in [0.25, 0.3) is 0 Å². The van der Waals surface area contributed by atoms with Gasteiger partial charge in [-0.3, -0.25) is 4.79 Å². The van der Waals surface area contributed by atoms with Crippen LogP contribution in [0.1, 0.15) is 22.8 Å². The molecule has 0 aliphatic heterocycles. The van der Waals surface area contributed by atoms with E-state index in [-0.39, 0.29) is 5.78 Å². The van der Waals surface area contributed by atoms with Crippen LogP contribution in [0.25, 0.3) is 10.9 Å². The van der Waals surface area contributed by atoms with E-state index in [9.17, 15) is 4.79 Å². The molecule has 3 rings (SSSR count). The van der Waals surface area contributed by atoms with Crippen LogP contribution in [-0.4, -0.2) is 24.6 Å². The van der Waals surface area contributed by atoms with Gasteiger partial charge in [-0.05, 0) is 37.3 Å². The van der Waals surface area contributed by atoms with Crippen molar-refractivity contribution < 1.29 is 14.3 Å². The number of hydrogen-bond acceptors (Lipinski definition) is 3. The molecule has 118 valence electrons. The second kappa shape index (κ2) is 6.16. The van der Waals surface area contributed by atoms with E-state index in [4.69, 9.17) is 9.47 Å². The molecule has 0 radical (unpaired) electrons. The smallest absolute Gasteiger partial charge is 0.195 e. The van der Waals surface area contributed by atoms with E-state index in [1.54, 1.807) is 26.4 Å². The molecule has 0 aliphatic rings. The van der Waals surface area contributed by atoms with Gasteiger partial charge in [-0.15, -0.1) is 0 Å². The van der Waals surface area contributed by atoms with E-state index in [0.29, 0.717) is 16.9 Å². The maximum atomic E-state index is 12.9. The predicted molar refractivity (Wildman–Crippen MR) is 90.6 cm³/mol. The molecule has 23 heavy (non-hydrogen) atoms. The molecule has 0 fully saturated rings. The van der Waals surface area contributed by atoms with Gasteiger partial charge in [-0.25, -0.2) is 0 Å². The van der Waals surface area contributed by atoms with Gasteiger partial charge in [0, 0.05) is 34.8 Å². The predicted octanol–water partition coefficient (Wildman–Crippen LogP) is 3.91. The molecule has 0 saturated carbocycles. The molecule has 1 heterocycles. The van der Waals surface area contributed by atoms with Crippen molar-refractivity contribution in [1.82, 2.24) is 4.57 Å². The van der Waals surface area contributed by atoms with Crippen LogP contribution in [0.4, 0.5) is 0 Å². The standard InChI is InChI=1S/C19H19NO3/c1-4-20-12-17(16-11-15(23-3)8-9-18(16)20)19(21)13-6-5-7-14(10-13)22-2/h5-12H,4H2,1-3H3. The van der Waals surface area contributed by atoms with Crippen molar-refractivity contribution in [3.63, 3.8) is 0 Å². The van der Waals surface area contributed by atoms with Crippen LogP contribution in [0, 0.1) is 0 Å². The van der Waals surface area contributed by atoms with Crippen molar-refractivity contribution in [2.45, 2.75) is 13.5 Å². The average Bonchev–Trinajstić information content (AvgIpc) is 2.98. The minimum atomic E-state index is -0.0191. The summed E-state index contributed by atoms with van der Waals surface area (Å²) in [6, 6.07) is 13.0. The molecular weight excluding hydrogens is 290 g/mol. The highest BCUT2D eigenvalue weighted by Crippen LogP contribution is 2.28. The highest BCUT2D eigenvalue weighted by Gasteiger charge is 2.17. The molecule has 0 spiro atoms. The van der Waals surface area contributed by atoms with Crippen molar-refractivity contribution in [2.24, 2.45) is 0 Å². The largest absolute Gasteiger partial charge is 0.497 e. The molecule has 1 aromatic heterocycles. The maximum Gasteiger partial charge on any atom is 0.195 e. The van der Waals surface area contributed by atoms with Gasteiger partial charge in [0.05, 0.1) is 14.2 Å². The zero-order valence-corrected chi connectivity index (χ0v) is 13.5. The Bertz CT molecular complexity index is 864. The number of carbonyl (C=O) groups excluding carboxylic acids is 1. The fraction of sp³-hybridized carbons (Fsp3) is 0.211. The lowest BCUT2D eigenvalue weighted by Gasteiger charge is -2.04. The molecule has 0 aliphatic carbocycles. The second-order valence-corrected chi connectivity index (χ2v) is 5.27. The van der Waals surface area contributed by atoms with E-state index in [0.717, 1.165) is 23.2 Å². The minimum Gasteiger partial charge on any atom is -0.497 e. The summed E-state index contributed by atoms with van der Waals surface area (Å²) in [5.74, 6) is 1.40. The van der Waals surface area contributed by atoms with Crippen molar-refractivity contribution in [3.05, 3.63) is 59.8 Å². The molecule has 0 N–H and O–H groups in total. The Morgan fingerprint density at radius 1 is 1.04 bits per heavy atom. The van der Waals surface area contributed by atoms with Gasteiger partial charge in [0.15, 0.2) is 5.78 Å². The fourth-order valence-corrected chi connectivity index (χ4v) is 2.77. The van der Waals surface area contributed by atoms with Crippen LogP contribution in [0.3, 0.4) is 0 Å². The van der Waals surface area contributed by atoms with Crippen LogP contribution in [0.15, 0.2) is 48.7 Å². The Morgan fingerprint density at radius 2 is 1.78 bits per heavy atom. The number of ketones is 1. The first-order valence-electron chi connectivity index (χ1n) is 7.53. The molecule has 2 aromatic carbocycles. The number of carbonyl (C=O) groups is 1. The van der Waals surface area contributed by atoms with Crippen LogP contribution < -0.4 is 9.47 Å². The van der Waals surface area contributed by atoms with Crippen LogP contribution in [0.5, 0.6) is 11.5 Å². The summed E-state index contributed by atoms with van der Waals surface area (Å²) < 4.78 is 12.6. The second-order valence-electron chi connectivity index (χ2n) is 5.27. The topological polar surface area (TPSA) is 40.5 Å². The van der Waals surface area contributed by atoms with Gasteiger partial charge in [-0.1, -0.05) is 12.1 Å². The summed E-state index contributed by atoms with van der Waals surface area (Å²) in [7, 11) is 3.22. The molecule has 0 amide bonds. The molecule has 0 unspecified atom stereocenters. The zero-order valence-electron chi connectivity index (χ0n) is 13.5. The van der Waals surface area contributed by atoms with Gasteiger partial charge >= 0.3 is 0 Å². The molecule has 4 nitrogen and oxygen atoms in total. The highest BCUT2D eigenvalue weighted by molar-refractivity contribution is 6.16. The van der Waals surface area contributed by atoms with Crippen molar-refractivity contribution in [3.8, 4) is 11.5 Å². The summed E-state index contributed by atoms with van der Waals surface area (Å²) in [6.45, 7) is 2.86. The van der Waals surface area contributed by atoms with Crippen LogP contribution in [0.2, 0.25) is 0 Å². The SMILES string of the molecule is CCn1cc(C(=O)c2cccc(OC)c2)c2cc(OC)ccc21. The van der Waals surface area contributed by atoms with Gasteiger partial charge in [0.1, 0.15) is 11.5 Å². The molecule has 3 aromatic rings. The molecule has 0 bridgehead atoms. The number of aromatic nitrogens is 1. The Labute approximate surface area is 135 Å². The summed E-state index contributed by atoms with van der Waals surface area (Å²) in [5.41, 5.74) is 2.32. The van der Waals surface area contributed by atoms with Gasteiger partial charge < -0.3 is 14.0 Å². The Kier molecular flexibility index (Phi) is 4.06. The number of nitrogens with zero attached hydrogens (tertiary/aromatic N) is 1. The lowest BCUT2D eigenvalue weighted by molar-refractivity contribution is 0.103. The normalized spacial score (nSPS) is 10.7. The number of methoxy groups -OCH3 is 2. The molecule has 0 atom stereocenters. The third kappa shape index (κ3) is 2.68. The van der Waals surface area contributed by atoms with E-state index in [1.165, 1.54) is 0 Å². The molecule has 4 heteroatoms. The van der Waals surface area contributed by atoms with Gasteiger partial charge in [0.2, 0.25) is 0 Å². The summed E-state index contributed by atoms with van der Waals surface area (Å²) in [4.78, 5) is 12.9. The van der Waals surface area contributed by atoms with Crippen molar-refractivity contribution in [1.29, 1.82) is 0 Å². The Hall–Kier alpha value is -2.75. The number of ether oxygens (including phenoxy) is 2. The average molecular weight is 309 g/mol. The fourth-order valence-electron chi connectivity index (χ4n) is 2.77. The van der Waals surface area contributed by atoms with Crippen LogP contribution in [-0.2, 0) is 6.54 Å². The summed E-state index contributed by atoms with van der Waals surface area (Å²) in [6.07, 6.45) is 1.91. The van der Waals surface area contributed by atoms with E-state index in [1.807, 2.05) is 36.5 Å². The Morgan fingerprint density at radius 3 is 2.48 bits per heavy atom. The lowest BCUT2D eigenvalue weighted by Crippen LogP contribution is -2.01. The van der Waals surface area contributed by atoms with Crippen molar-refractivity contribution >= 4 is 16.7 Å². The molecule has 0 saturated heterocycles. The quantitative estimate of drug-likeness (QED) is 0.671. The third-order valence-corrected chi connectivity index (χ3v) is 4.01. The number of hydrogen-bond donors (Lipinski definition) is 0. The minimum absolute atomic E-state index is 0.0191. The summed E-state index contributed by atoms with van der Waals surface area (Å²) >= 11 is 0. The summed E-state index contributed by atoms with van der Waals surface area (Å²) in [5, 5.41) is 0.902. The van der Waals surface area contributed by atoms with E-state index < -0.39 is 0 Å². The first-order chi connectivity index (χ1) is 11.2. The third-order valence-electron chi connectivity index (χ3n) is 4.01. The number of aryl methyl sites for hydroxylation is 1. The van der Waals surface area contributed by atoms with E-state index in [2.05, 4.69) is 11.5 Å². The highest BCUT2D eigenvalue weighted by atomic mass is 16.5. The van der Waals surface area contributed by atoms with Crippen molar-refractivity contribution in [2.75, 3.05) is 14.2 Å². The van der Waals surface area contributed by atoms with Gasteiger partial charge in [-0.2, -0.15) is 0 Å². The maximum absolute atomic E-state index is 12.9. The van der Waals surface area contributed by atoms with Crippen LogP contribution >= 0.6 is 0 Å². The monoisotopic (exact) mass is 309 g/mol. The molecular formula is C19H19NO3. The number of rotatable bonds is 5.